The fraction of sp³-hybridized carbons (Fsp3) is 0.429. The van der Waals surface area contributed by atoms with Gasteiger partial charge in [0.1, 0.15) is 5.75 Å². The Labute approximate surface area is 97.7 Å². The third-order valence-electron chi connectivity index (χ3n) is 2.57. The molecule has 1 atom stereocenters. The first kappa shape index (κ1) is 12.6. The Hall–Kier alpha value is -1.46. The monoisotopic (exact) mass is 217 g/mol. The molecule has 0 aliphatic heterocycles. The van der Waals surface area contributed by atoms with Crippen LogP contribution in [-0.2, 0) is 0 Å². The van der Waals surface area contributed by atoms with Crippen LogP contribution in [0.3, 0.4) is 0 Å². The number of aromatic hydroxyl groups is 1. The summed E-state index contributed by atoms with van der Waals surface area (Å²) in [4.78, 5) is 0. The molecule has 0 fully saturated rings. The largest absolute Gasteiger partial charge is 0.508 e. The Kier molecular flexibility index (Phi) is 5.45. The zero-order valence-electron chi connectivity index (χ0n) is 9.74. The van der Waals surface area contributed by atoms with Crippen LogP contribution < -0.4 is 5.32 Å². The first-order chi connectivity index (χ1) is 7.74. The van der Waals surface area contributed by atoms with E-state index in [0.29, 0.717) is 5.75 Å². The van der Waals surface area contributed by atoms with Crippen molar-refractivity contribution in [3.8, 4) is 18.1 Å². The van der Waals surface area contributed by atoms with Gasteiger partial charge in [0, 0.05) is 12.5 Å². The van der Waals surface area contributed by atoms with Gasteiger partial charge in [0.15, 0.2) is 0 Å². The van der Waals surface area contributed by atoms with Crippen molar-refractivity contribution in [3.05, 3.63) is 29.8 Å². The second-order valence-electron chi connectivity index (χ2n) is 3.93. The second-order valence-corrected chi connectivity index (χ2v) is 3.93. The van der Waals surface area contributed by atoms with Crippen molar-refractivity contribution < 1.29 is 5.11 Å². The summed E-state index contributed by atoms with van der Waals surface area (Å²) in [6.07, 6.45) is 8.19. The Bertz CT molecular complexity index is 354. The summed E-state index contributed by atoms with van der Waals surface area (Å²) in [5.41, 5.74) is 1.11. The molecule has 0 amide bonds. The maximum absolute atomic E-state index is 9.35. The van der Waals surface area contributed by atoms with Crippen LogP contribution in [0.25, 0.3) is 0 Å². The van der Waals surface area contributed by atoms with Crippen LogP contribution in [0.4, 0.5) is 0 Å². The van der Waals surface area contributed by atoms with Crippen molar-refractivity contribution >= 4 is 0 Å². The third kappa shape index (κ3) is 4.37. The lowest BCUT2D eigenvalue weighted by Gasteiger charge is -2.14. The normalized spacial score (nSPS) is 12.0. The van der Waals surface area contributed by atoms with Crippen molar-refractivity contribution in [1.29, 1.82) is 0 Å². The highest BCUT2D eigenvalue weighted by molar-refractivity contribution is 5.28. The lowest BCUT2D eigenvalue weighted by molar-refractivity contribution is 0.471. The maximum atomic E-state index is 9.35. The minimum atomic E-state index is 0.262. The van der Waals surface area contributed by atoms with Gasteiger partial charge in [-0.3, -0.25) is 0 Å². The average molecular weight is 217 g/mol. The van der Waals surface area contributed by atoms with Crippen LogP contribution in [0.15, 0.2) is 24.3 Å². The summed E-state index contributed by atoms with van der Waals surface area (Å²) in [6.45, 7) is 3.05. The highest BCUT2D eigenvalue weighted by atomic mass is 16.3. The Morgan fingerprint density at radius 3 is 2.94 bits per heavy atom. The minimum absolute atomic E-state index is 0.262. The number of terminal acetylenes is 1. The first-order valence-electron chi connectivity index (χ1n) is 5.70. The molecular weight excluding hydrogens is 198 g/mol. The molecule has 0 spiro atoms. The Morgan fingerprint density at radius 2 is 2.25 bits per heavy atom. The topological polar surface area (TPSA) is 32.3 Å². The van der Waals surface area contributed by atoms with Crippen LogP contribution in [0, 0.1) is 12.3 Å². The molecule has 1 aromatic carbocycles. The van der Waals surface area contributed by atoms with Gasteiger partial charge in [-0.25, -0.2) is 0 Å². The van der Waals surface area contributed by atoms with E-state index in [4.69, 9.17) is 6.42 Å². The van der Waals surface area contributed by atoms with Crippen LogP contribution in [0.5, 0.6) is 5.75 Å². The van der Waals surface area contributed by atoms with Gasteiger partial charge in [0.25, 0.3) is 0 Å². The molecule has 1 aromatic rings. The minimum Gasteiger partial charge on any atom is -0.508 e. The molecule has 2 nitrogen and oxygen atoms in total. The van der Waals surface area contributed by atoms with Crippen LogP contribution in [-0.4, -0.2) is 11.7 Å². The van der Waals surface area contributed by atoms with E-state index in [-0.39, 0.29) is 6.04 Å². The van der Waals surface area contributed by atoms with E-state index in [1.807, 2.05) is 12.1 Å². The van der Waals surface area contributed by atoms with E-state index in [1.54, 1.807) is 12.1 Å². The smallest absolute Gasteiger partial charge is 0.115 e. The van der Waals surface area contributed by atoms with E-state index in [2.05, 4.69) is 18.2 Å². The standard InChI is InChI=1S/C14H19NO/c1-3-4-5-6-10-15-12(2)13-8-7-9-14(16)11-13/h1,7-9,11-12,15-16H,4-6,10H2,2H3. The Balaban J connectivity index is 2.30. The summed E-state index contributed by atoms with van der Waals surface area (Å²) in [7, 11) is 0. The number of phenolic OH excluding ortho intramolecular Hbond substituents is 1. The average Bonchev–Trinajstić information content (AvgIpc) is 2.28. The number of benzene rings is 1. The predicted molar refractivity (Wildman–Crippen MR) is 67.2 cm³/mol. The molecule has 0 saturated carbocycles. The Morgan fingerprint density at radius 1 is 1.44 bits per heavy atom. The van der Waals surface area contributed by atoms with Crippen molar-refractivity contribution in [1.82, 2.24) is 5.32 Å². The molecule has 0 bridgehead atoms. The second kappa shape index (κ2) is 6.92. The summed E-state index contributed by atoms with van der Waals surface area (Å²) in [5, 5.41) is 12.8. The molecule has 1 unspecified atom stereocenters. The SMILES string of the molecule is C#CCCCCNC(C)c1cccc(O)c1. The van der Waals surface area contributed by atoms with Crippen molar-refractivity contribution in [2.75, 3.05) is 6.54 Å². The predicted octanol–water partition coefficient (Wildman–Crippen LogP) is 2.85. The third-order valence-corrected chi connectivity index (χ3v) is 2.57. The molecule has 86 valence electrons. The highest BCUT2D eigenvalue weighted by Crippen LogP contribution is 2.17. The van der Waals surface area contributed by atoms with E-state index >= 15 is 0 Å². The van der Waals surface area contributed by atoms with Crippen LogP contribution in [0.2, 0.25) is 0 Å². The molecule has 0 radical (unpaired) electrons. The molecule has 0 aliphatic carbocycles. The van der Waals surface area contributed by atoms with Crippen LogP contribution >= 0.6 is 0 Å². The van der Waals surface area contributed by atoms with Gasteiger partial charge in [-0.15, -0.1) is 12.3 Å². The molecule has 2 heteroatoms. The maximum Gasteiger partial charge on any atom is 0.115 e. The molecule has 0 heterocycles. The van der Waals surface area contributed by atoms with E-state index in [9.17, 15) is 5.11 Å². The van der Waals surface area contributed by atoms with Gasteiger partial charge in [0.05, 0.1) is 0 Å². The van der Waals surface area contributed by atoms with E-state index in [0.717, 1.165) is 31.4 Å². The quantitative estimate of drug-likeness (QED) is 0.567. The molecule has 2 N–H and O–H groups in total. The lowest BCUT2D eigenvalue weighted by atomic mass is 10.1. The van der Waals surface area contributed by atoms with Gasteiger partial charge in [-0.2, -0.15) is 0 Å². The molecule has 0 saturated heterocycles. The number of unbranched alkanes of at least 4 members (excludes halogenated alkanes) is 2. The molecule has 16 heavy (non-hydrogen) atoms. The van der Waals surface area contributed by atoms with E-state index < -0.39 is 0 Å². The first-order valence-corrected chi connectivity index (χ1v) is 5.70. The summed E-state index contributed by atoms with van der Waals surface area (Å²) < 4.78 is 0. The van der Waals surface area contributed by atoms with Gasteiger partial charge in [-0.1, -0.05) is 12.1 Å². The van der Waals surface area contributed by atoms with Crippen LogP contribution in [0.1, 0.15) is 37.8 Å². The number of rotatable bonds is 6. The molecule has 0 aromatic heterocycles. The lowest BCUT2D eigenvalue weighted by Crippen LogP contribution is -2.19. The van der Waals surface area contributed by atoms with Gasteiger partial charge in [0.2, 0.25) is 0 Å². The fourth-order valence-electron chi connectivity index (χ4n) is 1.58. The number of phenols is 1. The molecule has 0 aliphatic rings. The highest BCUT2D eigenvalue weighted by Gasteiger charge is 2.04. The fourth-order valence-corrected chi connectivity index (χ4v) is 1.58. The van der Waals surface area contributed by atoms with Gasteiger partial charge >= 0.3 is 0 Å². The number of hydrogen-bond donors (Lipinski definition) is 2. The van der Waals surface area contributed by atoms with Crippen molar-refractivity contribution in [2.45, 2.75) is 32.2 Å². The zero-order chi connectivity index (χ0) is 11.8. The van der Waals surface area contributed by atoms with Gasteiger partial charge in [-0.05, 0) is 44.0 Å². The number of hydrogen-bond acceptors (Lipinski definition) is 2. The summed E-state index contributed by atoms with van der Waals surface area (Å²) >= 11 is 0. The summed E-state index contributed by atoms with van der Waals surface area (Å²) in [6, 6.07) is 7.61. The van der Waals surface area contributed by atoms with Crippen molar-refractivity contribution in [2.24, 2.45) is 0 Å². The molecule has 1 rings (SSSR count). The van der Waals surface area contributed by atoms with Gasteiger partial charge < -0.3 is 10.4 Å². The summed E-state index contributed by atoms with van der Waals surface area (Å²) in [5.74, 6) is 2.95. The zero-order valence-corrected chi connectivity index (χ0v) is 9.74. The number of nitrogens with one attached hydrogen (secondary N) is 1. The molecular formula is C14H19NO. The van der Waals surface area contributed by atoms with Crippen molar-refractivity contribution in [3.63, 3.8) is 0 Å². The van der Waals surface area contributed by atoms with E-state index in [1.165, 1.54) is 0 Å².